The van der Waals surface area contributed by atoms with Gasteiger partial charge in [-0.15, -0.1) is 0 Å². The van der Waals surface area contributed by atoms with Crippen LogP contribution in [0.15, 0.2) is 12.2 Å². The summed E-state index contributed by atoms with van der Waals surface area (Å²) in [5, 5.41) is 0. The van der Waals surface area contributed by atoms with Crippen LogP contribution in [0.25, 0.3) is 0 Å². The Labute approximate surface area is 75.3 Å². The van der Waals surface area contributed by atoms with Gasteiger partial charge in [0.25, 0.3) is 0 Å². The molecule has 70 valence electrons. The van der Waals surface area contributed by atoms with Gasteiger partial charge in [-0.2, -0.15) is 0 Å². The van der Waals surface area contributed by atoms with Gasteiger partial charge in [0.2, 0.25) is 0 Å². The highest BCUT2D eigenvalue weighted by atomic mass is 16.1. The zero-order valence-corrected chi connectivity index (χ0v) is 8.72. The number of nitrogens with zero attached hydrogens (tertiary/aromatic N) is 1. The van der Waals surface area contributed by atoms with E-state index >= 15 is 0 Å². The largest absolute Gasteiger partial charge is 0.306 e. The lowest BCUT2D eigenvalue weighted by Crippen LogP contribution is -2.18. The van der Waals surface area contributed by atoms with Gasteiger partial charge in [0.1, 0.15) is 0 Å². The number of carbonyl (C=O) groups excluding carboxylic acids is 1. The summed E-state index contributed by atoms with van der Waals surface area (Å²) in [6.07, 6.45) is 3.56. The smallest absolute Gasteiger partial charge is 0.160 e. The summed E-state index contributed by atoms with van der Waals surface area (Å²) in [6, 6.07) is 0. The van der Waals surface area contributed by atoms with Gasteiger partial charge in [-0.05, 0) is 20.2 Å². The fourth-order valence-electron chi connectivity index (χ4n) is 0.621. The van der Waals surface area contributed by atoms with Gasteiger partial charge in [0.15, 0.2) is 5.78 Å². The van der Waals surface area contributed by atoms with E-state index in [9.17, 15) is 4.79 Å². The predicted molar refractivity (Wildman–Crippen MR) is 52.2 cm³/mol. The van der Waals surface area contributed by atoms with Crippen molar-refractivity contribution < 1.29 is 4.79 Å². The predicted octanol–water partition coefficient (Wildman–Crippen LogP) is 1.72. The monoisotopic (exact) mass is 169 g/mol. The SMILES string of the molecule is CN(C)C/C=C\C(=O)C(C)(C)C. The summed E-state index contributed by atoms with van der Waals surface area (Å²) < 4.78 is 0. The molecule has 0 spiro atoms. The summed E-state index contributed by atoms with van der Waals surface area (Å²) in [6.45, 7) is 6.60. The van der Waals surface area contributed by atoms with Gasteiger partial charge in [-0.1, -0.05) is 26.8 Å². The zero-order chi connectivity index (χ0) is 9.78. The molecule has 12 heavy (non-hydrogen) atoms. The highest BCUT2D eigenvalue weighted by Gasteiger charge is 2.17. The van der Waals surface area contributed by atoms with Crippen molar-refractivity contribution in [3.05, 3.63) is 12.2 Å². The van der Waals surface area contributed by atoms with Crippen molar-refractivity contribution in [3.63, 3.8) is 0 Å². The van der Waals surface area contributed by atoms with E-state index in [2.05, 4.69) is 0 Å². The maximum absolute atomic E-state index is 11.3. The lowest BCUT2D eigenvalue weighted by molar-refractivity contribution is -0.121. The Morgan fingerprint density at radius 1 is 1.33 bits per heavy atom. The van der Waals surface area contributed by atoms with Crippen molar-refractivity contribution in [3.8, 4) is 0 Å². The third kappa shape index (κ3) is 5.08. The van der Waals surface area contributed by atoms with E-state index in [0.717, 1.165) is 6.54 Å². The Bertz CT molecular complexity index is 175. The molecule has 0 heterocycles. The van der Waals surface area contributed by atoms with Gasteiger partial charge in [-0.3, -0.25) is 4.79 Å². The molecule has 0 atom stereocenters. The second-order valence-electron chi connectivity index (χ2n) is 4.28. The molecular weight excluding hydrogens is 150 g/mol. The molecule has 0 amide bonds. The molecule has 0 saturated heterocycles. The summed E-state index contributed by atoms with van der Waals surface area (Å²) in [4.78, 5) is 13.4. The third-order valence-electron chi connectivity index (χ3n) is 1.48. The van der Waals surface area contributed by atoms with Crippen molar-refractivity contribution in [2.45, 2.75) is 20.8 Å². The molecule has 0 aromatic carbocycles. The summed E-state index contributed by atoms with van der Waals surface area (Å²) in [7, 11) is 3.96. The molecule has 0 aromatic heterocycles. The molecule has 0 aromatic rings. The molecule has 0 N–H and O–H groups in total. The van der Waals surface area contributed by atoms with Crippen LogP contribution in [0.2, 0.25) is 0 Å². The molecule has 2 nitrogen and oxygen atoms in total. The summed E-state index contributed by atoms with van der Waals surface area (Å²) >= 11 is 0. The first-order valence-electron chi connectivity index (χ1n) is 4.20. The normalized spacial score (nSPS) is 12.8. The van der Waals surface area contributed by atoms with Gasteiger partial charge in [-0.25, -0.2) is 0 Å². The Hall–Kier alpha value is -0.630. The number of likely N-dealkylation sites (N-methyl/N-ethyl adjacent to an activating group) is 1. The molecule has 0 saturated carbocycles. The van der Waals surface area contributed by atoms with Crippen LogP contribution in [0.3, 0.4) is 0 Å². The minimum Gasteiger partial charge on any atom is -0.306 e. The van der Waals surface area contributed by atoms with Gasteiger partial charge in [0.05, 0.1) is 0 Å². The number of rotatable bonds is 3. The van der Waals surface area contributed by atoms with Gasteiger partial charge >= 0.3 is 0 Å². The molecule has 0 bridgehead atoms. The quantitative estimate of drug-likeness (QED) is 0.600. The van der Waals surface area contributed by atoms with E-state index in [-0.39, 0.29) is 11.2 Å². The Morgan fingerprint density at radius 3 is 2.17 bits per heavy atom. The first-order valence-corrected chi connectivity index (χ1v) is 4.20. The lowest BCUT2D eigenvalue weighted by atomic mass is 9.91. The van der Waals surface area contributed by atoms with Crippen molar-refractivity contribution in [2.75, 3.05) is 20.6 Å². The Balaban J connectivity index is 3.93. The van der Waals surface area contributed by atoms with Crippen LogP contribution in [-0.2, 0) is 4.79 Å². The van der Waals surface area contributed by atoms with Crippen LogP contribution in [0.5, 0.6) is 0 Å². The van der Waals surface area contributed by atoms with E-state index in [1.165, 1.54) is 0 Å². The van der Waals surface area contributed by atoms with Crippen LogP contribution in [-0.4, -0.2) is 31.3 Å². The highest BCUT2D eigenvalue weighted by Crippen LogP contribution is 2.14. The van der Waals surface area contributed by atoms with E-state index in [1.54, 1.807) is 6.08 Å². The molecule has 0 aliphatic rings. The van der Waals surface area contributed by atoms with Crippen molar-refractivity contribution in [2.24, 2.45) is 5.41 Å². The van der Waals surface area contributed by atoms with Crippen LogP contribution < -0.4 is 0 Å². The second-order valence-corrected chi connectivity index (χ2v) is 4.28. The molecule has 0 fully saturated rings. The number of allylic oxidation sites excluding steroid dienone is 1. The number of carbonyl (C=O) groups is 1. The third-order valence-corrected chi connectivity index (χ3v) is 1.48. The average molecular weight is 169 g/mol. The minimum atomic E-state index is -0.247. The number of hydrogen-bond donors (Lipinski definition) is 0. The fourth-order valence-corrected chi connectivity index (χ4v) is 0.621. The number of hydrogen-bond acceptors (Lipinski definition) is 2. The Morgan fingerprint density at radius 2 is 1.83 bits per heavy atom. The first-order chi connectivity index (χ1) is 5.34. The van der Waals surface area contributed by atoms with Gasteiger partial charge < -0.3 is 4.90 Å². The first kappa shape index (κ1) is 11.4. The van der Waals surface area contributed by atoms with Crippen molar-refractivity contribution in [1.29, 1.82) is 0 Å². The molecular formula is C10H19NO. The molecule has 0 rings (SSSR count). The lowest BCUT2D eigenvalue weighted by Gasteiger charge is -2.13. The highest BCUT2D eigenvalue weighted by molar-refractivity contribution is 5.93. The maximum atomic E-state index is 11.3. The summed E-state index contributed by atoms with van der Waals surface area (Å²) in [5.74, 6) is 0.185. The van der Waals surface area contributed by atoms with E-state index in [1.807, 2.05) is 45.8 Å². The number of ketones is 1. The van der Waals surface area contributed by atoms with E-state index < -0.39 is 0 Å². The Kier molecular flexibility index (Phi) is 4.18. The van der Waals surface area contributed by atoms with E-state index in [4.69, 9.17) is 0 Å². The average Bonchev–Trinajstić information content (AvgIpc) is 1.84. The standard InChI is InChI=1S/C10H19NO/c1-10(2,3)9(12)7-6-8-11(4)5/h6-7H,8H2,1-5H3/b7-6-. The second kappa shape index (κ2) is 4.41. The zero-order valence-electron chi connectivity index (χ0n) is 8.72. The molecule has 2 heteroatoms. The summed E-state index contributed by atoms with van der Waals surface area (Å²) in [5.41, 5.74) is -0.247. The maximum Gasteiger partial charge on any atom is 0.160 e. The van der Waals surface area contributed by atoms with Crippen molar-refractivity contribution >= 4 is 5.78 Å². The van der Waals surface area contributed by atoms with Crippen molar-refractivity contribution in [1.82, 2.24) is 4.90 Å². The minimum absolute atomic E-state index is 0.185. The van der Waals surface area contributed by atoms with Crippen LogP contribution in [0.1, 0.15) is 20.8 Å². The van der Waals surface area contributed by atoms with Crippen LogP contribution >= 0.6 is 0 Å². The fraction of sp³-hybridized carbons (Fsp3) is 0.700. The topological polar surface area (TPSA) is 20.3 Å². The molecule has 0 aliphatic heterocycles. The van der Waals surface area contributed by atoms with Crippen LogP contribution in [0.4, 0.5) is 0 Å². The van der Waals surface area contributed by atoms with Crippen LogP contribution in [0, 0.1) is 5.41 Å². The molecule has 0 radical (unpaired) electrons. The molecule has 0 aliphatic carbocycles. The van der Waals surface area contributed by atoms with Gasteiger partial charge in [0, 0.05) is 12.0 Å². The molecule has 0 unspecified atom stereocenters. The van der Waals surface area contributed by atoms with E-state index in [0.29, 0.717) is 0 Å².